The van der Waals surface area contributed by atoms with Crippen LogP contribution in [0.1, 0.15) is 17.3 Å². The molecule has 1 aromatic rings. The number of nitrogens with one attached hydrogen (secondary N) is 1. The lowest BCUT2D eigenvalue weighted by molar-refractivity contribution is -0.141. The molecular formula is C11H12Cl2N2O3. The van der Waals surface area contributed by atoms with Gasteiger partial charge >= 0.3 is 5.97 Å². The van der Waals surface area contributed by atoms with Crippen LogP contribution >= 0.6 is 23.2 Å². The summed E-state index contributed by atoms with van der Waals surface area (Å²) in [6.45, 7) is 1.72. The molecule has 0 aromatic heterocycles. The van der Waals surface area contributed by atoms with Gasteiger partial charge in [0.1, 0.15) is 6.54 Å². The Bertz CT molecular complexity index is 454. The number of carbonyl (C=O) groups excluding carboxylic acids is 2. The Hall–Kier alpha value is -1.46. The molecule has 1 aromatic carbocycles. The van der Waals surface area contributed by atoms with E-state index in [1.165, 1.54) is 12.1 Å². The van der Waals surface area contributed by atoms with Gasteiger partial charge in [0.15, 0.2) is 0 Å². The molecule has 98 valence electrons. The Kier molecular flexibility index (Phi) is 5.25. The van der Waals surface area contributed by atoms with E-state index >= 15 is 0 Å². The average Bonchev–Trinajstić information content (AvgIpc) is 2.32. The molecule has 5 nitrogen and oxygen atoms in total. The molecule has 1 rings (SSSR count). The fourth-order valence-corrected chi connectivity index (χ4v) is 1.67. The van der Waals surface area contributed by atoms with Gasteiger partial charge in [0.25, 0.3) is 5.91 Å². The summed E-state index contributed by atoms with van der Waals surface area (Å²) in [5.74, 6) is -0.995. The van der Waals surface area contributed by atoms with E-state index in [9.17, 15) is 9.59 Å². The molecule has 0 atom stereocenters. The molecule has 1 amide bonds. The highest BCUT2D eigenvalue weighted by Crippen LogP contribution is 2.28. The summed E-state index contributed by atoms with van der Waals surface area (Å²) in [6, 6.07) is 2.76. The van der Waals surface area contributed by atoms with Crippen molar-refractivity contribution in [1.82, 2.24) is 5.32 Å². The Balaban J connectivity index is 2.70. The predicted octanol–water partition coefficient (Wildman–Crippen LogP) is 1.87. The van der Waals surface area contributed by atoms with Crippen LogP contribution in [0, 0.1) is 0 Å². The van der Waals surface area contributed by atoms with Crippen molar-refractivity contribution < 1.29 is 14.3 Å². The molecule has 0 bridgehead atoms. The second-order valence-electron chi connectivity index (χ2n) is 3.34. The first-order chi connectivity index (χ1) is 8.45. The average molecular weight is 291 g/mol. The van der Waals surface area contributed by atoms with Gasteiger partial charge in [-0.3, -0.25) is 9.59 Å². The van der Waals surface area contributed by atoms with Crippen LogP contribution in [0.4, 0.5) is 5.69 Å². The van der Waals surface area contributed by atoms with Crippen molar-refractivity contribution >= 4 is 40.8 Å². The monoisotopic (exact) mass is 290 g/mol. The normalized spacial score (nSPS) is 9.94. The van der Waals surface area contributed by atoms with Gasteiger partial charge in [0, 0.05) is 5.56 Å². The van der Waals surface area contributed by atoms with Crippen LogP contribution in [0.15, 0.2) is 12.1 Å². The topological polar surface area (TPSA) is 81.4 Å². The van der Waals surface area contributed by atoms with Crippen molar-refractivity contribution in [2.24, 2.45) is 0 Å². The molecule has 7 heteroatoms. The number of anilines is 1. The number of rotatable bonds is 4. The van der Waals surface area contributed by atoms with E-state index in [0.29, 0.717) is 0 Å². The van der Waals surface area contributed by atoms with E-state index in [0.717, 1.165) is 0 Å². The summed E-state index contributed by atoms with van der Waals surface area (Å²) >= 11 is 11.6. The van der Waals surface area contributed by atoms with Gasteiger partial charge < -0.3 is 15.8 Å². The number of carbonyl (C=O) groups is 2. The summed E-state index contributed by atoms with van der Waals surface area (Å²) in [5.41, 5.74) is 5.98. The number of hydrogen-bond acceptors (Lipinski definition) is 4. The Morgan fingerprint density at radius 2 is 1.89 bits per heavy atom. The summed E-state index contributed by atoms with van der Waals surface area (Å²) in [4.78, 5) is 22.7. The minimum absolute atomic E-state index is 0.184. The predicted molar refractivity (Wildman–Crippen MR) is 69.8 cm³/mol. The maximum Gasteiger partial charge on any atom is 0.325 e. The maximum absolute atomic E-state index is 11.7. The number of nitrogen functional groups attached to an aromatic ring is 1. The SMILES string of the molecule is CCOC(=O)CNC(=O)c1cc(Cl)c(N)c(Cl)c1. The lowest BCUT2D eigenvalue weighted by Crippen LogP contribution is -2.30. The number of ether oxygens (including phenoxy) is 1. The first-order valence-corrected chi connectivity index (χ1v) is 5.89. The Labute approximate surface area is 114 Å². The van der Waals surface area contributed by atoms with Crippen molar-refractivity contribution in [2.75, 3.05) is 18.9 Å². The Morgan fingerprint density at radius 3 is 2.39 bits per heavy atom. The van der Waals surface area contributed by atoms with E-state index < -0.39 is 11.9 Å². The van der Waals surface area contributed by atoms with Gasteiger partial charge in [-0.1, -0.05) is 23.2 Å². The summed E-state index contributed by atoms with van der Waals surface area (Å²) < 4.78 is 4.67. The minimum Gasteiger partial charge on any atom is -0.465 e. The highest BCUT2D eigenvalue weighted by molar-refractivity contribution is 6.39. The van der Waals surface area contributed by atoms with Crippen LogP contribution in [-0.4, -0.2) is 25.0 Å². The third kappa shape index (κ3) is 3.78. The van der Waals surface area contributed by atoms with Crippen LogP contribution in [0.25, 0.3) is 0 Å². The quantitative estimate of drug-likeness (QED) is 0.655. The third-order valence-corrected chi connectivity index (χ3v) is 2.67. The number of nitrogens with two attached hydrogens (primary N) is 1. The number of hydrogen-bond donors (Lipinski definition) is 2. The third-order valence-electron chi connectivity index (χ3n) is 2.04. The number of amides is 1. The molecule has 0 saturated heterocycles. The molecule has 0 unspecified atom stereocenters. The highest BCUT2D eigenvalue weighted by Gasteiger charge is 2.12. The first kappa shape index (κ1) is 14.6. The molecule has 0 aliphatic rings. The van der Waals surface area contributed by atoms with Crippen LogP contribution in [-0.2, 0) is 9.53 Å². The lowest BCUT2D eigenvalue weighted by atomic mass is 10.2. The van der Waals surface area contributed by atoms with Gasteiger partial charge in [-0.25, -0.2) is 0 Å². The van der Waals surface area contributed by atoms with Crippen molar-refractivity contribution in [3.05, 3.63) is 27.7 Å². The first-order valence-electron chi connectivity index (χ1n) is 5.14. The molecule has 0 aliphatic heterocycles. The molecule has 0 fully saturated rings. The summed E-state index contributed by atoms with van der Waals surface area (Å²) in [7, 11) is 0. The number of halogens is 2. The fraction of sp³-hybridized carbons (Fsp3) is 0.273. The molecule has 18 heavy (non-hydrogen) atoms. The van der Waals surface area contributed by atoms with E-state index in [2.05, 4.69) is 10.1 Å². The summed E-state index contributed by atoms with van der Waals surface area (Å²) in [6.07, 6.45) is 0. The largest absolute Gasteiger partial charge is 0.465 e. The zero-order chi connectivity index (χ0) is 13.7. The summed E-state index contributed by atoms with van der Waals surface area (Å²) in [5, 5.41) is 2.75. The molecule has 0 saturated carbocycles. The van der Waals surface area contributed by atoms with Crippen LogP contribution < -0.4 is 11.1 Å². The van der Waals surface area contributed by atoms with E-state index in [-0.39, 0.29) is 34.4 Å². The zero-order valence-electron chi connectivity index (χ0n) is 9.63. The smallest absolute Gasteiger partial charge is 0.325 e. The van der Waals surface area contributed by atoms with Gasteiger partial charge in [-0.15, -0.1) is 0 Å². The maximum atomic E-state index is 11.7. The minimum atomic E-state index is -0.515. The lowest BCUT2D eigenvalue weighted by Gasteiger charge is -2.07. The Morgan fingerprint density at radius 1 is 1.33 bits per heavy atom. The fourth-order valence-electron chi connectivity index (χ4n) is 1.18. The molecule has 0 radical (unpaired) electrons. The van der Waals surface area contributed by atoms with Gasteiger partial charge in [0.05, 0.1) is 22.3 Å². The standard InChI is InChI=1S/C11H12Cl2N2O3/c1-2-18-9(16)5-15-11(17)6-3-7(12)10(14)8(13)4-6/h3-4H,2,5,14H2,1H3,(H,15,17). The van der Waals surface area contributed by atoms with Gasteiger partial charge in [-0.2, -0.15) is 0 Å². The van der Waals surface area contributed by atoms with E-state index in [1.807, 2.05) is 0 Å². The van der Waals surface area contributed by atoms with Crippen LogP contribution in [0.2, 0.25) is 10.0 Å². The van der Waals surface area contributed by atoms with E-state index in [4.69, 9.17) is 28.9 Å². The van der Waals surface area contributed by atoms with Crippen molar-refractivity contribution in [3.8, 4) is 0 Å². The number of benzene rings is 1. The molecule has 0 spiro atoms. The van der Waals surface area contributed by atoms with Crippen LogP contribution in [0.5, 0.6) is 0 Å². The zero-order valence-corrected chi connectivity index (χ0v) is 11.1. The van der Waals surface area contributed by atoms with Crippen molar-refractivity contribution in [1.29, 1.82) is 0 Å². The second kappa shape index (κ2) is 6.47. The van der Waals surface area contributed by atoms with Crippen LogP contribution in [0.3, 0.4) is 0 Å². The molecule has 3 N–H and O–H groups in total. The second-order valence-corrected chi connectivity index (χ2v) is 4.16. The molecular weight excluding hydrogens is 279 g/mol. The highest BCUT2D eigenvalue weighted by atomic mass is 35.5. The van der Waals surface area contributed by atoms with E-state index in [1.54, 1.807) is 6.92 Å². The van der Waals surface area contributed by atoms with Gasteiger partial charge in [-0.05, 0) is 19.1 Å². The number of esters is 1. The van der Waals surface area contributed by atoms with Crippen molar-refractivity contribution in [2.45, 2.75) is 6.92 Å². The van der Waals surface area contributed by atoms with Gasteiger partial charge in [0.2, 0.25) is 0 Å². The molecule has 0 heterocycles. The van der Waals surface area contributed by atoms with Crippen molar-refractivity contribution in [3.63, 3.8) is 0 Å². The molecule has 0 aliphatic carbocycles.